The third kappa shape index (κ3) is 2.14. The van der Waals surface area contributed by atoms with Gasteiger partial charge < -0.3 is 10.1 Å². The molecule has 0 spiro atoms. The second kappa shape index (κ2) is 3.69. The summed E-state index contributed by atoms with van der Waals surface area (Å²) in [6.45, 7) is 1.56. The summed E-state index contributed by atoms with van der Waals surface area (Å²) in [6, 6.07) is 0. The molecule has 1 N–H and O–H groups in total. The SMILES string of the molecule is Cl.O=C1COCCN1. The molecule has 0 atom stereocenters. The largest absolute Gasteiger partial charge is 0.370 e. The molecule has 0 aliphatic carbocycles. The Morgan fingerprint density at radius 3 is 2.62 bits per heavy atom. The van der Waals surface area contributed by atoms with Crippen LogP contribution in [0.15, 0.2) is 0 Å². The molecule has 1 aliphatic rings. The number of hydrogen-bond donors (Lipinski definition) is 1. The highest BCUT2D eigenvalue weighted by Crippen LogP contribution is 1.79. The number of halogens is 1. The lowest BCUT2D eigenvalue weighted by Crippen LogP contribution is -2.36. The van der Waals surface area contributed by atoms with Crippen LogP contribution in [-0.4, -0.2) is 25.7 Å². The van der Waals surface area contributed by atoms with Crippen LogP contribution in [0, 0.1) is 0 Å². The molecular weight excluding hydrogens is 130 g/mol. The highest BCUT2D eigenvalue weighted by atomic mass is 35.5. The van der Waals surface area contributed by atoms with Crippen LogP contribution in [0.1, 0.15) is 0 Å². The normalized spacial score (nSPS) is 18.8. The minimum Gasteiger partial charge on any atom is -0.370 e. The number of amides is 1. The molecule has 0 aromatic rings. The fourth-order valence-electron chi connectivity index (χ4n) is 0.479. The van der Waals surface area contributed by atoms with Gasteiger partial charge in [0.15, 0.2) is 0 Å². The van der Waals surface area contributed by atoms with Crippen molar-refractivity contribution in [2.24, 2.45) is 0 Å². The number of nitrogens with one attached hydrogen (secondary N) is 1. The van der Waals surface area contributed by atoms with Crippen molar-refractivity contribution in [3.05, 3.63) is 0 Å². The lowest BCUT2D eigenvalue weighted by Gasteiger charge is -2.10. The Hall–Kier alpha value is -0.280. The van der Waals surface area contributed by atoms with Crippen LogP contribution in [0.5, 0.6) is 0 Å². The topological polar surface area (TPSA) is 38.3 Å². The van der Waals surface area contributed by atoms with E-state index in [1.54, 1.807) is 0 Å². The lowest BCUT2D eigenvalue weighted by atomic mass is 10.5. The van der Waals surface area contributed by atoms with E-state index in [0.717, 1.165) is 0 Å². The molecule has 0 aromatic heterocycles. The van der Waals surface area contributed by atoms with E-state index < -0.39 is 0 Å². The average Bonchev–Trinajstić information content (AvgIpc) is 1.69. The summed E-state index contributed by atoms with van der Waals surface area (Å²) in [4.78, 5) is 10.2. The maximum Gasteiger partial charge on any atom is 0.246 e. The van der Waals surface area contributed by atoms with Crippen molar-refractivity contribution in [2.45, 2.75) is 0 Å². The van der Waals surface area contributed by atoms with Gasteiger partial charge in [-0.2, -0.15) is 0 Å². The molecule has 1 aliphatic heterocycles. The van der Waals surface area contributed by atoms with Gasteiger partial charge in [-0.1, -0.05) is 0 Å². The molecule has 1 heterocycles. The van der Waals surface area contributed by atoms with Crippen LogP contribution in [-0.2, 0) is 9.53 Å². The molecular formula is C4H8ClNO2. The van der Waals surface area contributed by atoms with Crippen LogP contribution in [0.4, 0.5) is 0 Å². The van der Waals surface area contributed by atoms with Crippen molar-refractivity contribution < 1.29 is 9.53 Å². The number of ether oxygens (including phenoxy) is 1. The van der Waals surface area contributed by atoms with Gasteiger partial charge in [0.25, 0.3) is 0 Å². The third-order valence-corrected chi connectivity index (χ3v) is 0.802. The zero-order chi connectivity index (χ0) is 5.11. The summed E-state index contributed by atoms with van der Waals surface area (Å²) >= 11 is 0. The van der Waals surface area contributed by atoms with E-state index in [0.29, 0.717) is 13.2 Å². The fourth-order valence-corrected chi connectivity index (χ4v) is 0.479. The Balaban J connectivity index is 0.000000490. The smallest absolute Gasteiger partial charge is 0.246 e. The number of carbonyl (C=O) groups excluding carboxylic acids is 1. The molecule has 0 radical (unpaired) electrons. The van der Waals surface area contributed by atoms with E-state index in [1.807, 2.05) is 0 Å². The van der Waals surface area contributed by atoms with Crippen molar-refractivity contribution in [1.82, 2.24) is 5.32 Å². The summed E-state index contributed by atoms with van der Waals surface area (Å²) in [5.74, 6) is -0.00810. The number of carbonyl (C=O) groups is 1. The van der Waals surface area contributed by atoms with Crippen LogP contribution < -0.4 is 5.32 Å². The summed E-state index contributed by atoms with van der Waals surface area (Å²) in [5.41, 5.74) is 0. The highest BCUT2D eigenvalue weighted by molar-refractivity contribution is 5.85. The maximum atomic E-state index is 10.2. The Labute approximate surface area is 53.8 Å². The monoisotopic (exact) mass is 137 g/mol. The van der Waals surface area contributed by atoms with Gasteiger partial charge in [-0.3, -0.25) is 4.79 Å². The first-order valence-electron chi connectivity index (χ1n) is 2.24. The van der Waals surface area contributed by atoms with Gasteiger partial charge in [0.1, 0.15) is 6.61 Å². The molecule has 48 valence electrons. The lowest BCUT2D eigenvalue weighted by molar-refractivity contribution is -0.128. The second-order valence-corrected chi connectivity index (χ2v) is 1.40. The van der Waals surface area contributed by atoms with Crippen molar-refractivity contribution in [2.75, 3.05) is 19.8 Å². The van der Waals surface area contributed by atoms with Gasteiger partial charge in [-0.15, -0.1) is 12.4 Å². The van der Waals surface area contributed by atoms with E-state index >= 15 is 0 Å². The molecule has 8 heavy (non-hydrogen) atoms. The zero-order valence-electron chi connectivity index (χ0n) is 4.35. The fraction of sp³-hybridized carbons (Fsp3) is 0.750. The summed E-state index contributed by atoms with van der Waals surface area (Å²) in [6.07, 6.45) is 0. The van der Waals surface area contributed by atoms with Crippen LogP contribution >= 0.6 is 12.4 Å². The van der Waals surface area contributed by atoms with E-state index in [1.165, 1.54) is 0 Å². The highest BCUT2D eigenvalue weighted by Gasteiger charge is 2.04. The number of morpholine rings is 1. The van der Waals surface area contributed by atoms with Gasteiger partial charge in [-0.05, 0) is 0 Å². The van der Waals surface area contributed by atoms with Crippen LogP contribution in [0.2, 0.25) is 0 Å². The van der Waals surface area contributed by atoms with E-state index in [9.17, 15) is 4.79 Å². The van der Waals surface area contributed by atoms with E-state index in [-0.39, 0.29) is 24.9 Å². The Bertz CT molecular complexity index is 78.1. The molecule has 0 saturated carbocycles. The first kappa shape index (κ1) is 7.72. The van der Waals surface area contributed by atoms with Gasteiger partial charge >= 0.3 is 0 Å². The minimum absolute atomic E-state index is 0. The average molecular weight is 138 g/mol. The van der Waals surface area contributed by atoms with Crippen molar-refractivity contribution in [3.8, 4) is 0 Å². The standard InChI is InChI=1S/C4H7NO2.ClH/c6-4-3-7-2-1-5-4;/h1-3H2,(H,5,6);1H. The molecule has 0 aromatic carbocycles. The predicted octanol–water partition coefficient (Wildman–Crippen LogP) is -0.445. The summed E-state index contributed by atoms with van der Waals surface area (Å²) in [7, 11) is 0. The number of rotatable bonds is 0. The molecule has 4 heteroatoms. The first-order valence-corrected chi connectivity index (χ1v) is 2.24. The van der Waals surface area contributed by atoms with Gasteiger partial charge in [0.2, 0.25) is 5.91 Å². The van der Waals surface area contributed by atoms with Gasteiger partial charge in [0.05, 0.1) is 6.61 Å². The van der Waals surface area contributed by atoms with E-state index in [4.69, 9.17) is 4.74 Å². The first-order chi connectivity index (χ1) is 3.39. The molecule has 3 nitrogen and oxygen atoms in total. The molecule has 0 unspecified atom stereocenters. The van der Waals surface area contributed by atoms with E-state index in [2.05, 4.69) is 5.32 Å². The predicted molar refractivity (Wildman–Crippen MR) is 31.1 cm³/mol. The van der Waals surface area contributed by atoms with Crippen molar-refractivity contribution in [3.63, 3.8) is 0 Å². The summed E-state index contributed by atoms with van der Waals surface area (Å²) < 4.78 is 4.77. The molecule has 0 bridgehead atoms. The van der Waals surface area contributed by atoms with Gasteiger partial charge in [0, 0.05) is 6.54 Å². The third-order valence-electron chi connectivity index (χ3n) is 0.802. The Morgan fingerprint density at radius 2 is 2.38 bits per heavy atom. The molecule has 1 fully saturated rings. The Morgan fingerprint density at radius 1 is 1.62 bits per heavy atom. The quantitative estimate of drug-likeness (QED) is 0.492. The Kier molecular flexibility index (Phi) is 3.56. The van der Waals surface area contributed by atoms with Crippen molar-refractivity contribution >= 4 is 18.3 Å². The summed E-state index contributed by atoms with van der Waals surface area (Å²) in [5, 5.41) is 2.62. The van der Waals surface area contributed by atoms with Crippen molar-refractivity contribution in [1.29, 1.82) is 0 Å². The maximum absolute atomic E-state index is 10.2. The zero-order valence-corrected chi connectivity index (χ0v) is 5.16. The molecule has 1 saturated heterocycles. The molecule has 1 amide bonds. The molecule has 1 rings (SSSR count). The number of hydrogen-bond acceptors (Lipinski definition) is 2. The minimum atomic E-state index is -0.00810. The second-order valence-electron chi connectivity index (χ2n) is 1.40. The van der Waals surface area contributed by atoms with Crippen LogP contribution in [0.25, 0.3) is 0 Å². The van der Waals surface area contributed by atoms with Crippen LogP contribution in [0.3, 0.4) is 0 Å². The van der Waals surface area contributed by atoms with Gasteiger partial charge in [-0.25, -0.2) is 0 Å².